The highest BCUT2D eigenvalue weighted by atomic mass is 16.1. The third-order valence-electron chi connectivity index (χ3n) is 2.08. The first-order valence-electron chi connectivity index (χ1n) is 4.95. The van der Waals surface area contributed by atoms with Crippen LogP contribution in [0, 0.1) is 0 Å². The molecule has 0 bridgehead atoms. The number of nitrogens with two attached hydrogens (primary N) is 1. The average molecular weight is 204 g/mol. The third-order valence-corrected chi connectivity index (χ3v) is 2.08. The summed E-state index contributed by atoms with van der Waals surface area (Å²) in [7, 11) is 1.91. The van der Waals surface area contributed by atoms with Crippen molar-refractivity contribution in [2.45, 2.75) is 6.42 Å². The van der Waals surface area contributed by atoms with E-state index in [-0.39, 0.29) is 5.91 Å². The summed E-state index contributed by atoms with van der Waals surface area (Å²) in [4.78, 5) is 11.1. The summed E-state index contributed by atoms with van der Waals surface area (Å²) < 4.78 is 0. The molecule has 0 aliphatic carbocycles. The number of carbonyl (C=O) groups excluding carboxylic acids is 1. The quantitative estimate of drug-likeness (QED) is 0.712. The van der Waals surface area contributed by atoms with Crippen LogP contribution >= 0.6 is 0 Å². The maximum absolute atomic E-state index is 11.1. The number of carbonyl (C=O) groups is 1. The van der Waals surface area contributed by atoms with E-state index in [1.54, 1.807) is 6.07 Å². The van der Waals surface area contributed by atoms with Gasteiger partial charge >= 0.3 is 0 Å². The Morgan fingerprint density at radius 3 is 2.87 bits per heavy atom. The van der Waals surface area contributed by atoms with E-state index >= 15 is 0 Å². The van der Waals surface area contributed by atoms with Crippen molar-refractivity contribution in [3.63, 3.8) is 0 Å². The Hall–Kier alpha value is -1.61. The summed E-state index contributed by atoms with van der Waals surface area (Å²) in [5.74, 6) is -0.385. The number of hydrogen-bond acceptors (Lipinski definition) is 2. The molecule has 0 spiro atoms. The number of amides is 1. The van der Waals surface area contributed by atoms with Gasteiger partial charge in [-0.2, -0.15) is 0 Å². The molecular formula is C12H16N2O. The molecule has 1 rings (SSSR count). The summed E-state index contributed by atoms with van der Waals surface area (Å²) in [6.45, 7) is 0.926. The lowest BCUT2D eigenvalue weighted by Crippen LogP contribution is -2.12. The molecule has 0 aromatic heterocycles. The van der Waals surface area contributed by atoms with E-state index in [4.69, 9.17) is 5.73 Å². The van der Waals surface area contributed by atoms with Crippen molar-refractivity contribution in [3.05, 3.63) is 41.5 Å². The molecule has 0 atom stereocenters. The first-order chi connectivity index (χ1) is 7.25. The van der Waals surface area contributed by atoms with Crippen LogP contribution in [0.2, 0.25) is 0 Å². The average Bonchev–Trinajstić information content (AvgIpc) is 2.25. The SMILES string of the molecule is CNCCC=Cc1ccccc1C(N)=O. The molecule has 0 aliphatic rings. The minimum Gasteiger partial charge on any atom is -0.366 e. The molecule has 0 saturated carbocycles. The second-order valence-corrected chi connectivity index (χ2v) is 3.25. The molecule has 80 valence electrons. The molecule has 3 heteroatoms. The number of primary amides is 1. The second-order valence-electron chi connectivity index (χ2n) is 3.25. The number of benzene rings is 1. The van der Waals surface area contributed by atoms with Crippen LogP contribution in [-0.2, 0) is 0 Å². The minimum atomic E-state index is -0.385. The lowest BCUT2D eigenvalue weighted by molar-refractivity contribution is 0.1000. The van der Waals surface area contributed by atoms with E-state index in [0.717, 1.165) is 18.5 Å². The van der Waals surface area contributed by atoms with Crippen LogP contribution in [0.4, 0.5) is 0 Å². The monoisotopic (exact) mass is 204 g/mol. The van der Waals surface area contributed by atoms with E-state index < -0.39 is 0 Å². The fraction of sp³-hybridized carbons (Fsp3) is 0.250. The van der Waals surface area contributed by atoms with Gasteiger partial charge in [0.2, 0.25) is 5.91 Å². The van der Waals surface area contributed by atoms with E-state index in [9.17, 15) is 4.79 Å². The van der Waals surface area contributed by atoms with Gasteiger partial charge in [0, 0.05) is 5.56 Å². The number of nitrogens with one attached hydrogen (secondary N) is 1. The standard InChI is InChI=1S/C12H16N2O/c1-14-9-5-4-7-10-6-2-3-8-11(10)12(13)15/h2-4,6-8,14H,5,9H2,1H3,(H2,13,15). The van der Waals surface area contributed by atoms with Crippen molar-refractivity contribution in [1.29, 1.82) is 0 Å². The molecular weight excluding hydrogens is 188 g/mol. The maximum Gasteiger partial charge on any atom is 0.249 e. The number of rotatable bonds is 5. The Balaban J connectivity index is 2.75. The maximum atomic E-state index is 11.1. The highest BCUT2D eigenvalue weighted by molar-refractivity contribution is 5.96. The van der Waals surface area contributed by atoms with Gasteiger partial charge in [0.15, 0.2) is 0 Å². The molecule has 1 amide bonds. The van der Waals surface area contributed by atoms with Gasteiger partial charge in [0.1, 0.15) is 0 Å². The van der Waals surface area contributed by atoms with E-state index in [1.807, 2.05) is 37.4 Å². The number of hydrogen-bond donors (Lipinski definition) is 2. The van der Waals surface area contributed by atoms with Gasteiger partial charge in [-0.3, -0.25) is 4.79 Å². The Kier molecular flexibility index (Phi) is 4.57. The van der Waals surface area contributed by atoms with Gasteiger partial charge in [0.05, 0.1) is 0 Å². The van der Waals surface area contributed by atoms with Crippen molar-refractivity contribution in [1.82, 2.24) is 5.32 Å². The van der Waals surface area contributed by atoms with Gasteiger partial charge in [-0.15, -0.1) is 0 Å². The van der Waals surface area contributed by atoms with Gasteiger partial charge in [-0.05, 0) is 31.6 Å². The summed E-state index contributed by atoms with van der Waals surface area (Å²) in [6.07, 6.45) is 4.89. The summed E-state index contributed by atoms with van der Waals surface area (Å²) in [5, 5.41) is 3.05. The fourth-order valence-corrected chi connectivity index (χ4v) is 1.30. The van der Waals surface area contributed by atoms with Crippen molar-refractivity contribution >= 4 is 12.0 Å². The fourth-order valence-electron chi connectivity index (χ4n) is 1.30. The first kappa shape index (κ1) is 11.5. The van der Waals surface area contributed by atoms with Crippen LogP contribution in [0.3, 0.4) is 0 Å². The predicted molar refractivity (Wildman–Crippen MR) is 62.5 cm³/mol. The highest BCUT2D eigenvalue weighted by Gasteiger charge is 2.03. The Bertz CT molecular complexity index is 358. The van der Waals surface area contributed by atoms with Gasteiger partial charge in [-0.25, -0.2) is 0 Å². The zero-order valence-corrected chi connectivity index (χ0v) is 8.86. The summed E-state index contributed by atoms with van der Waals surface area (Å²) in [6, 6.07) is 7.32. The lowest BCUT2D eigenvalue weighted by Gasteiger charge is -2.00. The van der Waals surface area contributed by atoms with Crippen LogP contribution < -0.4 is 11.1 Å². The van der Waals surface area contributed by atoms with Crippen LogP contribution in [0.25, 0.3) is 6.08 Å². The Morgan fingerprint density at radius 2 is 2.20 bits per heavy atom. The van der Waals surface area contributed by atoms with Crippen molar-refractivity contribution in [2.75, 3.05) is 13.6 Å². The van der Waals surface area contributed by atoms with Crippen LogP contribution in [-0.4, -0.2) is 19.5 Å². The minimum absolute atomic E-state index is 0.385. The summed E-state index contributed by atoms with van der Waals surface area (Å²) >= 11 is 0. The second kappa shape index (κ2) is 5.98. The zero-order chi connectivity index (χ0) is 11.1. The van der Waals surface area contributed by atoms with Crippen LogP contribution in [0.1, 0.15) is 22.3 Å². The molecule has 3 nitrogen and oxygen atoms in total. The van der Waals surface area contributed by atoms with Gasteiger partial charge in [-0.1, -0.05) is 30.4 Å². The van der Waals surface area contributed by atoms with Crippen LogP contribution in [0.15, 0.2) is 30.3 Å². The molecule has 0 radical (unpaired) electrons. The van der Waals surface area contributed by atoms with Gasteiger partial charge < -0.3 is 11.1 Å². The van der Waals surface area contributed by atoms with Crippen LogP contribution in [0.5, 0.6) is 0 Å². The van der Waals surface area contributed by atoms with E-state index in [1.165, 1.54) is 0 Å². The molecule has 1 aromatic rings. The van der Waals surface area contributed by atoms with Crippen molar-refractivity contribution in [2.24, 2.45) is 5.73 Å². The van der Waals surface area contributed by atoms with Crippen molar-refractivity contribution in [3.8, 4) is 0 Å². The van der Waals surface area contributed by atoms with Crippen molar-refractivity contribution < 1.29 is 4.79 Å². The topological polar surface area (TPSA) is 55.1 Å². The molecule has 0 unspecified atom stereocenters. The van der Waals surface area contributed by atoms with E-state index in [0.29, 0.717) is 5.56 Å². The zero-order valence-electron chi connectivity index (χ0n) is 8.86. The normalized spacial score (nSPS) is 10.7. The van der Waals surface area contributed by atoms with Gasteiger partial charge in [0.25, 0.3) is 0 Å². The Labute approximate surface area is 90.0 Å². The predicted octanol–water partition coefficient (Wildman–Crippen LogP) is 1.41. The first-order valence-corrected chi connectivity index (χ1v) is 4.95. The molecule has 1 aromatic carbocycles. The Morgan fingerprint density at radius 1 is 1.47 bits per heavy atom. The smallest absolute Gasteiger partial charge is 0.249 e. The molecule has 3 N–H and O–H groups in total. The molecule has 0 fully saturated rings. The molecule has 15 heavy (non-hydrogen) atoms. The summed E-state index contributed by atoms with van der Waals surface area (Å²) in [5.41, 5.74) is 6.70. The molecule has 0 saturated heterocycles. The molecule has 0 aliphatic heterocycles. The third kappa shape index (κ3) is 3.56. The molecule has 0 heterocycles. The van der Waals surface area contributed by atoms with E-state index in [2.05, 4.69) is 5.32 Å². The lowest BCUT2D eigenvalue weighted by atomic mass is 10.1. The largest absolute Gasteiger partial charge is 0.366 e. The highest BCUT2D eigenvalue weighted by Crippen LogP contribution is 2.10.